The van der Waals surface area contributed by atoms with E-state index in [4.69, 9.17) is 5.11 Å². The van der Waals surface area contributed by atoms with Crippen LogP contribution < -0.4 is 5.56 Å². The van der Waals surface area contributed by atoms with Crippen LogP contribution in [0.1, 0.15) is 21.5 Å². The number of fused-ring (bicyclic) bond motifs is 1. The first-order chi connectivity index (χ1) is 7.91. The fourth-order valence-corrected chi connectivity index (χ4v) is 1.89. The number of rotatable bonds is 1. The molecule has 17 heavy (non-hydrogen) atoms. The Morgan fingerprint density at radius 3 is 2.35 bits per heavy atom. The molecule has 0 radical (unpaired) electrons. The Kier molecular flexibility index (Phi) is 2.50. The summed E-state index contributed by atoms with van der Waals surface area (Å²) in [4.78, 5) is 22.8. The Labute approximate surface area is 98.1 Å². The molecule has 0 unspecified atom stereocenters. The van der Waals surface area contributed by atoms with E-state index in [1.165, 1.54) is 10.6 Å². The molecule has 0 fully saturated rings. The fourth-order valence-electron chi connectivity index (χ4n) is 1.89. The highest BCUT2D eigenvalue weighted by Gasteiger charge is 2.13. The van der Waals surface area contributed by atoms with E-state index in [1.54, 1.807) is 7.05 Å². The van der Waals surface area contributed by atoms with Crippen molar-refractivity contribution in [2.75, 3.05) is 0 Å². The number of hydrogen-bond donors (Lipinski definition) is 1. The number of carboxylic acid groups (broad SMARTS) is 1. The molecule has 0 aliphatic rings. The van der Waals surface area contributed by atoms with Gasteiger partial charge < -0.3 is 9.67 Å². The second-order valence-electron chi connectivity index (χ2n) is 4.21. The third kappa shape index (κ3) is 1.71. The van der Waals surface area contributed by atoms with Crippen LogP contribution in [0.2, 0.25) is 0 Å². The topological polar surface area (TPSA) is 59.3 Å². The molecule has 0 saturated carbocycles. The maximum atomic E-state index is 11.7. The molecular formula is C13H13NO3. The number of pyridine rings is 1. The predicted octanol–water partition coefficient (Wildman–Crippen LogP) is 1.85. The monoisotopic (exact) mass is 231 g/mol. The Morgan fingerprint density at radius 2 is 1.76 bits per heavy atom. The quantitative estimate of drug-likeness (QED) is 0.814. The van der Waals surface area contributed by atoms with E-state index in [1.807, 2.05) is 26.0 Å². The van der Waals surface area contributed by atoms with Crippen LogP contribution in [0.5, 0.6) is 0 Å². The lowest BCUT2D eigenvalue weighted by Crippen LogP contribution is -2.19. The Balaban J connectivity index is 3.04. The molecule has 0 aliphatic heterocycles. The van der Waals surface area contributed by atoms with Gasteiger partial charge in [0.15, 0.2) is 0 Å². The number of aryl methyl sites for hydroxylation is 3. The highest BCUT2D eigenvalue weighted by Crippen LogP contribution is 2.21. The van der Waals surface area contributed by atoms with Gasteiger partial charge in [-0.25, -0.2) is 4.79 Å². The summed E-state index contributed by atoms with van der Waals surface area (Å²) in [6, 6.07) is 4.82. The van der Waals surface area contributed by atoms with Crippen molar-refractivity contribution in [3.63, 3.8) is 0 Å². The van der Waals surface area contributed by atoms with Gasteiger partial charge in [-0.1, -0.05) is 0 Å². The molecule has 0 saturated heterocycles. The summed E-state index contributed by atoms with van der Waals surface area (Å²) in [6.07, 6.45) is 0. The molecule has 2 rings (SSSR count). The first-order valence-corrected chi connectivity index (χ1v) is 5.26. The average Bonchev–Trinajstić information content (AvgIpc) is 2.26. The third-order valence-electron chi connectivity index (χ3n) is 3.09. The standard InChI is InChI=1S/C13H13NO3/c1-7-4-9-10(13(16)17)6-12(15)14(3)11(9)5-8(7)2/h4-6H,1-3H3,(H,16,17). The molecule has 4 heteroatoms. The zero-order valence-corrected chi connectivity index (χ0v) is 9.94. The Bertz CT molecular complexity index is 683. The maximum absolute atomic E-state index is 11.7. The molecule has 1 aromatic carbocycles. The van der Waals surface area contributed by atoms with Gasteiger partial charge in [0.25, 0.3) is 5.56 Å². The van der Waals surface area contributed by atoms with Crippen LogP contribution in [0.15, 0.2) is 23.0 Å². The van der Waals surface area contributed by atoms with Crippen molar-refractivity contribution >= 4 is 16.9 Å². The van der Waals surface area contributed by atoms with E-state index in [0.717, 1.165) is 11.1 Å². The van der Waals surface area contributed by atoms with Crippen molar-refractivity contribution in [3.8, 4) is 0 Å². The van der Waals surface area contributed by atoms with Gasteiger partial charge in [0.05, 0.1) is 11.1 Å². The van der Waals surface area contributed by atoms with Gasteiger partial charge in [-0.15, -0.1) is 0 Å². The Morgan fingerprint density at radius 1 is 1.18 bits per heavy atom. The summed E-state index contributed by atoms with van der Waals surface area (Å²) >= 11 is 0. The second kappa shape index (κ2) is 3.73. The largest absolute Gasteiger partial charge is 0.478 e. The van der Waals surface area contributed by atoms with Gasteiger partial charge in [-0.2, -0.15) is 0 Å². The summed E-state index contributed by atoms with van der Waals surface area (Å²) in [5.74, 6) is -1.07. The number of hydrogen-bond acceptors (Lipinski definition) is 2. The first-order valence-electron chi connectivity index (χ1n) is 5.26. The second-order valence-corrected chi connectivity index (χ2v) is 4.21. The predicted molar refractivity (Wildman–Crippen MR) is 65.6 cm³/mol. The lowest BCUT2D eigenvalue weighted by Gasteiger charge is -2.10. The van der Waals surface area contributed by atoms with Crippen LogP contribution in [0.3, 0.4) is 0 Å². The summed E-state index contributed by atoms with van der Waals surface area (Å²) in [5, 5.41) is 9.71. The number of carboxylic acids is 1. The number of benzene rings is 1. The minimum absolute atomic E-state index is 0.0613. The molecule has 0 amide bonds. The van der Waals surface area contributed by atoms with Gasteiger partial charge in [0, 0.05) is 18.5 Å². The van der Waals surface area contributed by atoms with Crippen LogP contribution in [-0.2, 0) is 7.05 Å². The summed E-state index contributed by atoms with van der Waals surface area (Å²) in [6.45, 7) is 3.86. The normalized spacial score (nSPS) is 10.8. The van der Waals surface area contributed by atoms with Gasteiger partial charge >= 0.3 is 5.97 Å². The first kappa shape index (κ1) is 11.4. The third-order valence-corrected chi connectivity index (χ3v) is 3.09. The van der Waals surface area contributed by atoms with Gasteiger partial charge in [-0.3, -0.25) is 4.79 Å². The van der Waals surface area contributed by atoms with Gasteiger partial charge in [0.2, 0.25) is 0 Å². The van der Waals surface area contributed by atoms with Crippen molar-refractivity contribution in [3.05, 3.63) is 45.2 Å². The number of aromatic carboxylic acids is 1. The van der Waals surface area contributed by atoms with E-state index in [2.05, 4.69) is 0 Å². The minimum atomic E-state index is -1.07. The van der Waals surface area contributed by atoms with E-state index < -0.39 is 5.97 Å². The average molecular weight is 231 g/mol. The van der Waals surface area contributed by atoms with Crippen molar-refractivity contribution in [1.82, 2.24) is 4.57 Å². The smallest absolute Gasteiger partial charge is 0.336 e. The Hall–Kier alpha value is -2.10. The van der Waals surface area contributed by atoms with Gasteiger partial charge in [0.1, 0.15) is 0 Å². The van der Waals surface area contributed by atoms with Crippen molar-refractivity contribution in [1.29, 1.82) is 0 Å². The molecule has 1 N–H and O–H groups in total. The van der Waals surface area contributed by atoms with Crippen LogP contribution in [0.4, 0.5) is 0 Å². The number of nitrogens with zero attached hydrogens (tertiary/aromatic N) is 1. The zero-order valence-electron chi connectivity index (χ0n) is 9.94. The zero-order chi connectivity index (χ0) is 12.7. The van der Waals surface area contributed by atoms with Crippen LogP contribution in [0.25, 0.3) is 10.9 Å². The van der Waals surface area contributed by atoms with E-state index in [0.29, 0.717) is 10.9 Å². The molecule has 0 atom stereocenters. The van der Waals surface area contributed by atoms with Crippen LogP contribution in [0, 0.1) is 13.8 Å². The van der Waals surface area contributed by atoms with Crippen molar-refractivity contribution < 1.29 is 9.90 Å². The number of carbonyl (C=O) groups is 1. The molecule has 0 aliphatic carbocycles. The summed E-state index contributed by atoms with van der Waals surface area (Å²) in [7, 11) is 1.64. The van der Waals surface area contributed by atoms with Crippen molar-refractivity contribution in [2.24, 2.45) is 7.05 Å². The van der Waals surface area contributed by atoms with Crippen LogP contribution in [-0.4, -0.2) is 15.6 Å². The van der Waals surface area contributed by atoms with E-state index in [9.17, 15) is 9.59 Å². The molecule has 1 heterocycles. The summed E-state index contributed by atoms with van der Waals surface area (Å²) < 4.78 is 1.47. The van der Waals surface area contributed by atoms with E-state index >= 15 is 0 Å². The highest BCUT2D eigenvalue weighted by molar-refractivity contribution is 6.02. The fraction of sp³-hybridized carbons (Fsp3) is 0.231. The summed E-state index contributed by atoms with van der Waals surface area (Å²) in [5.41, 5.74) is 2.45. The maximum Gasteiger partial charge on any atom is 0.336 e. The number of aromatic nitrogens is 1. The molecule has 88 valence electrons. The molecule has 0 bridgehead atoms. The SMILES string of the molecule is Cc1cc2c(C(=O)O)cc(=O)n(C)c2cc1C. The molecule has 1 aromatic heterocycles. The molecule has 0 spiro atoms. The van der Waals surface area contributed by atoms with Crippen molar-refractivity contribution in [2.45, 2.75) is 13.8 Å². The molecule has 2 aromatic rings. The van der Waals surface area contributed by atoms with E-state index in [-0.39, 0.29) is 11.1 Å². The minimum Gasteiger partial charge on any atom is -0.478 e. The highest BCUT2D eigenvalue weighted by atomic mass is 16.4. The lowest BCUT2D eigenvalue weighted by atomic mass is 10.0. The molecule has 4 nitrogen and oxygen atoms in total. The molecular weight excluding hydrogens is 218 g/mol. The van der Waals surface area contributed by atoms with Gasteiger partial charge in [-0.05, 0) is 37.1 Å². The van der Waals surface area contributed by atoms with Crippen LogP contribution >= 0.6 is 0 Å². The lowest BCUT2D eigenvalue weighted by molar-refractivity contribution is 0.0699.